The van der Waals surface area contributed by atoms with Crippen molar-refractivity contribution < 1.29 is 18.0 Å². The van der Waals surface area contributed by atoms with Gasteiger partial charge in [-0.25, -0.2) is 5.43 Å². The van der Waals surface area contributed by atoms with E-state index in [0.717, 1.165) is 36.7 Å². The van der Waals surface area contributed by atoms with Crippen molar-refractivity contribution in [1.82, 2.24) is 10.3 Å². The van der Waals surface area contributed by atoms with Crippen LogP contribution in [0.2, 0.25) is 0 Å². The van der Waals surface area contributed by atoms with Crippen molar-refractivity contribution in [2.45, 2.75) is 6.18 Å². The largest absolute Gasteiger partial charge is 0.416 e. The molecule has 1 fully saturated rings. The number of rotatable bonds is 4. The summed E-state index contributed by atoms with van der Waals surface area (Å²) in [4.78, 5) is 13.7. The summed E-state index contributed by atoms with van der Waals surface area (Å²) in [6.07, 6.45) is -3.18. The number of hydrazone groups is 1. The fraction of sp³-hybridized carbons (Fsp3) is 0.429. The van der Waals surface area contributed by atoms with E-state index in [1.54, 1.807) is 0 Å². The molecule has 1 aromatic rings. The molecule has 0 unspecified atom stereocenters. The lowest BCUT2D eigenvalue weighted by Gasteiger charge is -2.24. The van der Waals surface area contributed by atoms with Crippen molar-refractivity contribution in [3.05, 3.63) is 35.4 Å². The zero-order valence-electron chi connectivity index (χ0n) is 11.8. The number of alkyl halides is 3. The molecule has 8 heteroatoms. The van der Waals surface area contributed by atoms with Crippen LogP contribution >= 0.6 is 11.8 Å². The molecule has 1 N–H and O–H groups in total. The first kappa shape index (κ1) is 16.8. The van der Waals surface area contributed by atoms with Crippen molar-refractivity contribution in [3.63, 3.8) is 0 Å². The van der Waals surface area contributed by atoms with Crippen LogP contribution in [-0.2, 0) is 11.0 Å². The molecule has 0 bridgehead atoms. The smallest absolute Gasteiger partial charge is 0.293 e. The Morgan fingerprint density at radius 1 is 1.36 bits per heavy atom. The summed E-state index contributed by atoms with van der Waals surface area (Å²) in [7, 11) is 0. The van der Waals surface area contributed by atoms with Gasteiger partial charge in [-0.15, -0.1) is 0 Å². The van der Waals surface area contributed by atoms with E-state index in [0.29, 0.717) is 0 Å². The standard InChI is InChI=1S/C14H16F3N3OS/c15-14(16,17)12-3-1-2-11(8-12)9-18-19-13(21)10-20-4-6-22-7-5-20/h1-3,8-9H,4-7,10H2,(H,19,21)/b18-9-. The lowest BCUT2D eigenvalue weighted by atomic mass is 10.1. The van der Waals surface area contributed by atoms with Gasteiger partial charge in [0.25, 0.3) is 5.91 Å². The first-order chi connectivity index (χ1) is 10.4. The maximum atomic E-state index is 12.6. The highest BCUT2D eigenvalue weighted by molar-refractivity contribution is 7.99. The van der Waals surface area contributed by atoms with Crippen LogP contribution in [0.4, 0.5) is 13.2 Å². The van der Waals surface area contributed by atoms with E-state index < -0.39 is 11.7 Å². The summed E-state index contributed by atoms with van der Waals surface area (Å²) < 4.78 is 37.7. The normalized spacial score (nSPS) is 16.9. The number of hydrogen-bond acceptors (Lipinski definition) is 4. The van der Waals surface area contributed by atoms with Gasteiger partial charge in [0.05, 0.1) is 18.3 Å². The van der Waals surface area contributed by atoms with Crippen LogP contribution in [0.15, 0.2) is 29.4 Å². The van der Waals surface area contributed by atoms with Crippen molar-refractivity contribution in [3.8, 4) is 0 Å². The number of amides is 1. The number of carbonyl (C=O) groups excluding carboxylic acids is 1. The van der Waals surface area contributed by atoms with Crippen molar-refractivity contribution in [1.29, 1.82) is 0 Å². The zero-order valence-corrected chi connectivity index (χ0v) is 12.6. The molecular weight excluding hydrogens is 315 g/mol. The lowest BCUT2D eigenvalue weighted by molar-refractivity contribution is -0.137. The van der Waals surface area contributed by atoms with Crippen LogP contribution in [0.25, 0.3) is 0 Å². The molecule has 1 heterocycles. The fourth-order valence-electron chi connectivity index (χ4n) is 1.97. The number of thioether (sulfide) groups is 1. The molecule has 1 aliphatic heterocycles. The maximum Gasteiger partial charge on any atom is 0.416 e. The quantitative estimate of drug-likeness (QED) is 0.680. The van der Waals surface area contributed by atoms with E-state index in [9.17, 15) is 18.0 Å². The summed E-state index contributed by atoms with van der Waals surface area (Å²) in [6, 6.07) is 4.77. The molecule has 2 rings (SSSR count). The Morgan fingerprint density at radius 3 is 2.77 bits per heavy atom. The Bertz CT molecular complexity index is 542. The third-order valence-electron chi connectivity index (χ3n) is 3.09. The van der Waals surface area contributed by atoms with Crippen molar-refractivity contribution in [2.24, 2.45) is 5.10 Å². The van der Waals surface area contributed by atoms with Gasteiger partial charge >= 0.3 is 6.18 Å². The monoisotopic (exact) mass is 331 g/mol. The van der Waals surface area contributed by atoms with E-state index in [2.05, 4.69) is 10.5 Å². The highest BCUT2D eigenvalue weighted by atomic mass is 32.2. The predicted molar refractivity (Wildman–Crippen MR) is 80.9 cm³/mol. The van der Waals surface area contributed by atoms with Gasteiger partial charge in [-0.2, -0.15) is 30.0 Å². The molecular formula is C14H16F3N3OS. The molecule has 0 radical (unpaired) electrons. The van der Waals surface area contributed by atoms with Gasteiger partial charge in [-0.3, -0.25) is 9.69 Å². The summed E-state index contributed by atoms with van der Waals surface area (Å²) in [5, 5.41) is 3.71. The van der Waals surface area contributed by atoms with Crippen molar-refractivity contribution >= 4 is 23.9 Å². The average molecular weight is 331 g/mol. The minimum absolute atomic E-state index is 0.250. The molecule has 4 nitrogen and oxygen atoms in total. The number of halogens is 3. The Hall–Kier alpha value is -1.54. The minimum atomic E-state index is -4.39. The lowest BCUT2D eigenvalue weighted by Crippen LogP contribution is -2.40. The third-order valence-corrected chi connectivity index (χ3v) is 4.03. The SMILES string of the molecule is O=C(CN1CCSCC1)N/N=C\c1cccc(C(F)(F)F)c1. The summed E-state index contributed by atoms with van der Waals surface area (Å²) in [6.45, 7) is 1.96. The van der Waals surface area contributed by atoms with Gasteiger partial charge in [0.15, 0.2) is 0 Å². The van der Waals surface area contributed by atoms with E-state index in [1.807, 2.05) is 16.7 Å². The van der Waals surface area contributed by atoms with Crippen LogP contribution in [-0.4, -0.2) is 48.2 Å². The van der Waals surface area contributed by atoms with E-state index >= 15 is 0 Å². The second-order valence-corrected chi connectivity index (χ2v) is 6.03. The summed E-state index contributed by atoms with van der Waals surface area (Å²) in [5.41, 5.74) is 1.88. The van der Waals surface area contributed by atoms with Crippen LogP contribution in [0.5, 0.6) is 0 Å². The number of hydrogen-bond donors (Lipinski definition) is 1. The molecule has 120 valence electrons. The van der Waals surface area contributed by atoms with Crippen LogP contribution in [0.1, 0.15) is 11.1 Å². The average Bonchev–Trinajstić information content (AvgIpc) is 2.48. The highest BCUT2D eigenvalue weighted by Gasteiger charge is 2.30. The Kier molecular flexibility index (Phi) is 5.84. The number of nitrogens with zero attached hydrogens (tertiary/aromatic N) is 2. The molecule has 22 heavy (non-hydrogen) atoms. The van der Waals surface area contributed by atoms with E-state index in [1.165, 1.54) is 18.3 Å². The molecule has 1 aromatic carbocycles. The minimum Gasteiger partial charge on any atom is -0.293 e. The summed E-state index contributed by atoms with van der Waals surface area (Å²) in [5.74, 6) is 1.73. The fourth-order valence-corrected chi connectivity index (χ4v) is 2.95. The molecule has 0 saturated carbocycles. The van der Waals surface area contributed by atoms with Crippen LogP contribution < -0.4 is 5.43 Å². The maximum absolute atomic E-state index is 12.6. The van der Waals surface area contributed by atoms with Gasteiger partial charge in [0.1, 0.15) is 0 Å². The molecule has 0 spiro atoms. The summed E-state index contributed by atoms with van der Waals surface area (Å²) >= 11 is 1.85. The Balaban J connectivity index is 1.85. The molecule has 0 aliphatic carbocycles. The van der Waals surface area contributed by atoms with Crippen molar-refractivity contribution in [2.75, 3.05) is 31.1 Å². The highest BCUT2D eigenvalue weighted by Crippen LogP contribution is 2.29. The van der Waals surface area contributed by atoms with Gasteiger partial charge in [0, 0.05) is 24.6 Å². The number of carbonyl (C=O) groups is 1. The molecule has 1 saturated heterocycles. The second kappa shape index (κ2) is 7.64. The van der Waals surface area contributed by atoms with Gasteiger partial charge in [-0.05, 0) is 17.7 Å². The van der Waals surface area contributed by atoms with Gasteiger partial charge in [-0.1, -0.05) is 12.1 Å². The van der Waals surface area contributed by atoms with Crippen LogP contribution in [0, 0.1) is 0 Å². The number of nitrogens with one attached hydrogen (secondary N) is 1. The molecule has 1 aliphatic rings. The Morgan fingerprint density at radius 2 is 2.09 bits per heavy atom. The third kappa shape index (κ3) is 5.34. The molecule has 0 atom stereocenters. The molecule has 0 aromatic heterocycles. The topological polar surface area (TPSA) is 44.7 Å². The Labute approximate surface area is 130 Å². The van der Waals surface area contributed by atoms with Gasteiger partial charge in [0.2, 0.25) is 0 Å². The van der Waals surface area contributed by atoms with E-state index in [4.69, 9.17) is 0 Å². The van der Waals surface area contributed by atoms with E-state index in [-0.39, 0.29) is 18.0 Å². The zero-order chi connectivity index (χ0) is 16.0. The van der Waals surface area contributed by atoms with Crippen LogP contribution in [0.3, 0.4) is 0 Å². The van der Waals surface area contributed by atoms with Gasteiger partial charge < -0.3 is 0 Å². The first-order valence-corrected chi connectivity index (χ1v) is 7.90. The number of benzene rings is 1. The first-order valence-electron chi connectivity index (χ1n) is 6.74. The predicted octanol–water partition coefficient (Wildman–Crippen LogP) is 2.20. The molecule has 1 amide bonds. The second-order valence-electron chi connectivity index (χ2n) is 4.80.